The molecule has 1 fully saturated rings. The Hall–Kier alpha value is -2.55. The summed E-state index contributed by atoms with van der Waals surface area (Å²) < 4.78 is 32.7. The Morgan fingerprint density at radius 3 is 2.23 bits per heavy atom. The van der Waals surface area contributed by atoms with Gasteiger partial charge in [0.2, 0.25) is 21.7 Å². The van der Waals surface area contributed by atoms with E-state index in [1.54, 1.807) is 16.4 Å². The van der Waals surface area contributed by atoms with Crippen molar-refractivity contribution < 1.29 is 12.9 Å². The first-order valence-electron chi connectivity index (χ1n) is 10.5. The molecular formula is C23H28N4O3S. The second kappa shape index (κ2) is 8.90. The number of rotatable bonds is 6. The van der Waals surface area contributed by atoms with Gasteiger partial charge in [-0.25, -0.2) is 8.42 Å². The third-order valence-corrected chi connectivity index (χ3v) is 7.57. The van der Waals surface area contributed by atoms with Gasteiger partial charge in [-0.1, -0.05) is 61.0 Å². The van der Waals surface area contributed by atoms with Crippen LogP contribution in [-0.4, -0.2) is 53.9 Å². The summed E-state index contributed by atoms with van der Waals surface area (Å²) in [6, 6.07) is 15.2. The minimum absolute atomic E-state index is 0.344. The van der Waals surface area contributed by atoms with Gasteiger partial charge in [0.15, 0.2) is 0 Å². The van der Waals surface area contributed by atoms with Crippen molar-refractivity contribution in [3.63, 3.8) is 0 Å². The molecule has 164 valence electrons. The lowest BCUT2D eigenvalue weighted by Gasteiger charge is -2.33. The standard InChI is InChI=1S/C23H28N4O3S/c1-17(2)19-6-8-20(9-7-19)23-24-22(30-25-23)16-26-12-14-27(15-13-26)31(28,29)21-10-4-18(3)5-11-21/h4-11,17H,12-16H2,1-3H3. The Labute approximate surface area is 183 Å². The molecule has 4 rings (SSSR count). The third-order valence-electron chi connectivity index (χ3n) is 5.65. The van der Waals surface area contributed by atoms with Crippen molar-refractivity contribution in [1.82, 2.24) is 19.3 Å². The van der Waals surface area contributed by atoms with Crippen LogP contribution < -0.4 is 0 Å². The maximum absolute atomic E-state index is 12.9. The quantitative estimate of drug-likeness (QED) is 0.582. The summed E-state index contributed by atoms with van der Waals surface area (Å²) in [5.41, 5.74) is 3.23. The number of benzene rings is 2. The molecule has 0 N–H and O–H groups in total. The van der Waals surface area contributed by atoms with E-state index in [1.807, 2.05) is 31.2 Å². The number of sulfonamides is 1. The van der Waals surface area contributed by atoms with Crippen LogP contribution in [0.5, 0.6) is 0 Å². The molecule has 1 aliphatic heterocycles. The largest absolute Gasteiger partial charge is 0.338 e. The van der Waals surface area contributed by atoms with Gasteiger partial charge in [0.05, 0.1) is 11.4 Å². The molecule has 7 nitrogen and oxygen atoms in total. The lowest BCUT2D eigenvalue weighted by atomic mass is 10.0. The predicted molar refractivity (Wildman–Crippen MR) is 119 cm³/mol. The Bertz CT molecular complexity index is 1110. The predicted octanol–water partition coefficient (Wildman–Crippen LogP) is 3.67. The highest BCUT2D eigenvalue weighted by Gasteiger charge is 2.29. The number of hydrogen-bond donors (Lipinski definition) is 0. The van der Waals surface area contributed by atoms with Crippen molar-refractivity contribution in [2.75, 3.05) is 26.2 Å². The highest BCUT2D eigenvalue weighted by Crippen LogP contribution is 2.22. The minimum Gasteiger partial charge on any atom is -0.338 e. The second-order valence-corrected chi connectivity index (χ2v) is 10.2. The van der Waals surface area contributed by atoms with Gasteiger partial charge in [0.25, 0.3) is 0 Å². The van der Waals surface area contributed by atoms with E-state index in [2.05, 4.69) is 41.0 Å². The van der Waals surface area contributed by atoms with Crippen molar-refractivity contribution in [1.29, 1.82) is 0 Å². The topological polar surface area (TPSA) is 79.5 Å². The van der Waals surface area contributed by atoms with Crippen LogP contribution in [0.15, 0.2) is 57.9 Å². The van der Waals surface area contributed by atoms with E-state index in [9.17, 15) is 8.42 Å². The Kier molecular flexibility index (Phi) is 6.22. The van der Waals surface area contributed by atoms with Crippen LogP contribution in [0, 0.1) is 6.92 Å². The summed E-state index contributed by atoms with van der Waals surface area (Å²) in [5.74, 6) is 1.59. The lowest BCUT2D eigenvalue weighted by Crippen LogP contribution is -2.48. The summed E-state index contributed by atoms with van der Waals surface area (Å²) in [4.78, 5) is 7.00. The highest BCUT2D eigenvalue weighted by atomic mass is 32.2. The van der Waals surface area contributed by atoms with Gasteiger partial charge >= 0.3 is 0 Å². The van der Waals surface area contributed by atoms with Crippen LogP contribution in [0.4, 0.5) is 0 Å². The zero-order valence-electron chi connectivity index (χ0n) is 18.2. The van der Waals surface area contributed by atoms with Gasteiger partial charge in [-0.3, -0.25) is 4.90 Å². The molecule has 0 aliphatic carbocycles. The van der Waals surface area contributed by atoms with Gasteiger partial charge in [-0.15, -0.1) is 0 Å². The lowest BCUT2D eigenvalue weighted by molar-refractivity contribution is 0.163. The van der Waals surface area contributed by atoms with Gasteiger partial charge in [-0.2, -0.15) is 9.29 Å². The smallest absolute Gasteiger partial charge is 0.243 e. The molecule has 0 atom stereocenters. The molecule has 0 unspecified atom stereocenters. The average molecular weight is 441 g/mol. The fourth-order valence-corrected chi connectivity index (χ4v) is 5.05. The van der Waals surface area contributed by atoms with E-state index < -0.39 is 10.0 Å². The summed E-state index contributed by atoms with van der Waals surface area (Å²) in [7, 11) is -3.46. The van der Waals surface area contributed by atoms with Crippen molar-refractivity contribution in [3.8, 4) is 11.4 Å². The Morgan fingerprint density at radius 2 is 1.61 bits per heavy atom. The zero-order valence-corrected chi connectivity index (χ0v) is 19.0. The second-order valence-electron chi connectivity index (χ2n) is 8.28. The average Bonchev–Trinajstić information content (AvgIpc) is 3.23. The monoisotopic (exact) mass is 440 g/mol. The van der Waals surface area contributed by atoms with Crippen LogP contribution in [0.25, 0.3) is 11.4 Å². The van der Waals surface area contributed by atoms with Crippen LogP contribution >= 0.6 is 0 Å². The SMILES string of the molecule is Cc1ccc(S(=O)(=O)N2CCN(Cc3nc(-c4ccc(C(C)C)cc4)no3)CC2)cc1. The van der Waals surface area contributed by atoms with Gasteiger partial charge in [0.1, 0.15) is 0 Å². The van der Waals surface area contributed by atoms with Gasteiger partial charge < -0.3 is 4.52 Å². The molecule has 2 heterocycles. The fraction of sp³-hybridized carbons (Fsp3) is 0.391. The highest BCUT2D eigenvalue weighted by molar-refractivity contribution is 7.89. The van der Waals surface area contributed by atoms with Crippen molar-refractivity contribution in [3.05, 3.63) is 65.5 Å². The minimum atomic E-state index is -3.46. The van der Waals surface area contributed by atoms with E-state index in [0.717, 1.165) is 11.1 Å². The van der Waals surface area contributed by atoms with E-state index in [1.165, 1.54) is 5.56 Å². The molecule has 1 aromatic heterocycles. The number of piperazine rings is 1. The van der Waals surface area contributed by atoms with Crippen molar-refractivity contribution in [2.45, 2.75) is 38.1 Å². The molecule has 1 aliphatic rings. The van der Waals surface area contributed by atoms with Crippen LogP contribution in [0.3, 0.4) is 0 Å². The number of aromatic nitrogens is 2. The van der Waals surface area contributed by atoms with Crippen LogP contribution in [0.1, 0.15) is 36.8 Å². The molecule has 0 amide bonds. The molecule has 1 saturated heterocycles. The molecule has 0 saturated carbocycles. The first-order valence-corrected chi connectivity index (χ1v) is 12.0. The molecule has 3 aromatic rings. The molecule has 8 heteroatoms. The Balaban J connectivity index is 1.36. The van der Waals surface area contributed by atoms with Crippen molar-refractivity contribution >= 4 is 10.0 Å². The third kappa shape index (κ3) is 4.87. The first kappa shape index (κ1) is 21.7. The van der Waals surface area contributed by atoms with Crippen LogP contribution in [-0.2, 0) is 16.6 Å². The molecule has 2 aromatic carbocycles. The normalized spacial score (nSPS) is 16.1. The van der Waals surface area contributed by atoms with E-state index in [4.69, 9.17) is 4.52 Å². The maximum Gasteiger partial charge on any atom is 0.243 e. The van der Waals surface area contributed by atoms with E-state index in [-0.39, 0.29) is 0 Å². The Morgan fingerprint density at radius 1 is 0.968 bits per heavy atom. The summed E-state index contributed by atoms with van der Waals surface area (Å²) in [5, 5.41) is 4.11. The van der Waals surface area contributed by atoms with Crippen LogP contribution in [0.2, 0.25) is 0 Å². The molecule has 31 heavy (non-hydrogen) atoms. The van der Waals surface area contributed by atoms with E-state index in [0.29, 0.717) is 55.3 Å². The molecule has 0 radical (unpaired) electrons. The zero-order chi connectivity index (χ0) is 22.0. The summed E-state index contributed by atoms with van der Waals surface area (Å²) in [6.07, 6.45) is 0. The molecular weight excluding hydrogens is 412 g/mol. The number of aryl methyl sites for hydroxylation is 1. The number of hydrogen-bond acceptors (Lipinski definition) is 6. The number of nitrogens with zero attached hydrogens (tertiary/aromatic N) is 4. The summed E-state index contributed by atoms with van der Waals surface area (Å²) >= 11 is 0. The van der Waals surface area contributed by atoms with Crippen molar-refractivity contribution in [2.24, 2.45) is 0 Å². The molecule has 0 bridgehead atoms. The first-order chi connectivity index (χ1) is 14.8. The fourth-order valence-electron chi connectivity index (χ4n) is 3.63. The summed E-state index contributed by atoms with van der Waals surface area (Å²) in [6.45, 7) is 8.88. The molecule has 0 spiro atoms. The van der Waals surface area contributed by atoms with Gasteiger partial charge in [-0.05, 0) is 30.5 Å². The van der Waals surface area contributed by atoms with E-state index >= 15 is 0 Å². The maximum atomic E-state index is 12.9. The van der Waals surface area contributed by atoms with Gasteiger partial charge in [0, 0.05) is 31.7 Å².